The molecule has 1 unspecified atom stereocenters. The molecule has 8 nitrogen and oxygen atoms in total. The van der Waals surface area contributed by atoms with Crippen LogP contribution in [0.4, 0.5) is 4.79 Å². The van der Waals surface area contributed by atoms with Crippen molar-refractivity contribution in [3.63, 3.8) is 0 Å². The standard InChI is InChI=1S/C27H29Cl3N4O4/c1-3-34-22(16-32-11-13-33(14-12-32)25(35)19-7-5-6-8-20(19)29)23(26(36)38-4-2)24(31-27(34)37)18-10-9-17(28)15-21(18)30/h5-10,15,24H,3-4,11-14,16H2,1-2H3,(H,31,37). The molecule has 1 fully saturated rings. The van der Waals surface area contributed by atoms with Gasteiger partial charge in [0, 0.05) is 55.0 Å². The van der Waals surface area contributed by atoms with E-state index in [1.54, 1.807) is 59.2 Å². The number of rotatable bonds is 7. The van der Waals surface area contributed by atoms with Crippen molar-refractivity contribution in [2.24, 2.45) is 0 Å². The van der Waals surface area contributed by atoms with E-state index in [0.29, 0.717) is 76.7 Å². The third-order valence-corrected chi connectivity index (χ3v) is 7.55. The van der Waals surface area contributed by atoms with Crippen LogP contribution < -0.4 is 5.32 Å². The zero-order chi connectivity index (χ0) is 27.4. The van der Waals surface area contributed by atoms with Crippen LogP contribution in [0, 0.1) is 0 Å². The summed E-state index contributed by atoms with van der Waals surface area (Å²) in [4.78, 5) is 44.9. The number of piperazine rings is 1. The van der Waals surface area contributed by atoms with Gasteiger partial charge in [0.1, 0.15) is 0 Å². The second-order valence-corrected chi connectivity index (χ2v) is 10.2. The fourth-order valence-corrected chi connectivity index (χ4v) is 5.49. The molecule has 11 heteroatoms. The molecule has 1 saturated heterocycles. The van der Waals surface area contributed by atoms with E-state index in [4.69, 9.17) is 39.5 Å². The maximum atomic E-state index is 13.3. The summed E-state index contributed by atoms with van der Waals surface area (Å²) in [5.74, 6) is -0.643. The number of likely N-dealkylation sites (N-methyl/N-ethyl adjacent to an activating group) is 1. The Hall–Kier alpha value is -2.78. The average molecular weight is 580 g/mol. The molecule has 2 aliphatic rings. The summed E-state index contributed by atoms with van der Waals surface area (Å²) in [6, 6.07) is 10.8. The Bertz CT molecular complexity index is 1260. The Morgan fingerprint density at radius 2 is 1.71 bits per heavy atom. The molecule has 1 atom stereocenters. The summed E-state index contributed by atoms with van der Waals surface area (Å²) in [5.41, 5.74) is 1.90. The minimum atomic E-state index is -0.799. The molecule has 4 rings (SSSR count). The lowest BCUT2D eigenvalue weighted by Gasteiger charge is -2.40. The zero-order valence-electron chi connectivity index (χ0n) is 21.2. The van der Waals surface area contributed by atoms with Crippen LogP contribution in [0.3, 0.4) is 0 Å². The number of nitrogens with one attached hydrogen (secondary N) is 1. The first-order valence-corrected chi connectivity index (χ1v) is 13.6. The van der Waals surface area contributed by atoms with Crippen LogP contribution in [0.1, 0.15) is 35.8 Å². The second kappa shape index (κ2) is 12.4. The largest absolute Gasteiger partial charge is 0.463 e. The third kappa shape index (κ3) is 5.94. The van der Waals surface area contributed by atoms with Crippen molar-refractivity contribution in [1.29, 1.82) is 0 Å². The number of urea groups is 1. The number of halogens is 3. The van der Waals surface area contributed by atoms with Gasteiger partial charge in [-0.25, -0.2) is 9.59 Å². The fourth-order valence-electron chi connectivity index (χ4n) is 4.75. The van der Waals surface area contributed by atoms with E-state index < -0.39 is 12.0 Å². The molecule has 1 N–H and O–H groups in total. The van der Waals surface area contributed by atoms with Crippen molar-refractivity contribution in [3.8, 4) is 0 Å². The monoisotopic (exact) mass is 578 g/mol. The number of ether oxygens (including phenoxy) is 1. The van der Waals surface area contributed by atoms with E-state index in [0.717, 1.165) is 0 Å². The lowest BCUT2D eigenvalue weighted by molar-refractivity contribution is -0.139. The van der Waals surface area contributed by atoms with Crippen LogP contribution in [0.25, 0.3) is 0 Å². The number of esters is 1. The van der Waals surface area contributed by atoms with Crippen LogP contribution in [-0.2, 0) is 9.53 Å². The highest BCUT2D eigenvalue weighted by molar-refractivity contribution is 6.35. The highest BCUT2D eigenvalue weighted by atomic mass is 35.5. The molecule has 2 heterocycles. The summed E-state index contributed by atoms with van der Waals surface area (Å²) < 4.78 is 5.43. The topological polar surface area (TPSA) is 82.2 Å². The van der Waals surface area contributed by atoms with Gasteiger partial charge in [0.05, 0.1) is 28.8 Å². The molecular formula is C27H29Cl3N4O4. The van der Waals surface area contributed by atoms with Crippen LogP contribution in [-0.4, -0.2) is 78.5 Å². The first-order chi connectivity index (χ1) is 18.2. The Labute approximate surface area is 237 Å². The van der Waals surface area contributed by atoms with E-state index >= 15 is 0 Å². The summed E-state index contributed by atoms with van der Waals surface area (Å²) in [7, 11) is 0. The number of carbonyl (C=O) groups is 3. The van der Waals surface area contributed by atoms with E-state index in [9.17, 15) is 14.4 Å². The highest BCUT2D eigenvalue weighted by Gasteiger charge is 2.39. The SMILES string of the molecule is CCOC(=O)C1=C(CN2CCN(C(=O)c3ccccc3Cl)CC2)N(CC)C(=O)NC1c1ccc(Cl)cc1Cl. The number of nitrogens with zero attached hydrogens (tertiary/aromatic N) is 3. The number of carbonyl (C=O) groups excluding carboxylic acids is 3. The van der Waals surface area contributed by atoms with Crippen molar-refractivity contribution in [2.45, 2.75) is 19.9 Å². The smallest absolute Gasteiger partial charge is 0.338 e. The number of benzene rings is 2. The molecule has 202 valence electrons. The maximum Gasteiger partial charge on any atom is 0.338 e. The number of hydrogen-bond donors (Lipinski definition) is 1. The molecule has 2 aliphatic heterocycles. The van der Waals surface area contributed by atoms with E-state index in [1.165, 1.54) is 0 Å². The van der Waals surface area contributed by atoms with Gasteiger partial charge in [-0.2, -0.15) is 0 Å². The van der Waals surface area contributed by atoms with Crippen LogP contribution >= 0.6 is 34.8 Å². The minimum Gasteiger partial charge on any atom is -0.463 e. The normalized spacial score (nSPS) is 18.4. The Balaban J connectivity index is 1.62. The van der Waals surface area contributed by atoms with E-state index in [1.807, 2.05) is 6.92 Å². The molecule has 0 spiro atoms. The van der Waals surface area contributed by atoms with Gasteiger partial charge in [0.15, 0.2) is 0 Å². The quantitative estimate of drug-likeness (QED) is 0.467. The van der Waals surface area contributed by atoms with Crippen LogP contribution in [0.15, 0.2) is 53.7 Å². The van der Waals surface area contributed by atoms with E-state index in [-0.39, 0.29) is 18.5 Å². The lowest BCUT2D eigenvalue weighted by Crippen LogP contribution is -2.53. The Kier molecular flexibility index (Phi) is 9.20. The molecule has 2 aromatic rings. The molecule has 3 amide bonds. The summed E-state index contributed by atoms with van der Waals surface area (Å²) >= 11 is 18.8. The van der Waals surface area contributed by atoms with Crippen molar-refractivity contribution in [3.05, 3.63) is 79.9 Å². The van der Waals surface area contributed by atoms with Gasteiger partial charge in [-0.15, -0.1) is 0 Å². The van der Waals surface area contributed by atoms with E-state index in [2.05, 4.69) is 10.2 Å². The van der Waals surface area contributed by atoms with Gasteiger partial charge < -0.3 is 15.0 Å². The molecule has 0 bridgehead atoms. The highest BCUT2D eigenvalue weighted by Crippen LogP contribution is 2.36. The molecule has 38 heavy (non-hydrogen) atoms. The first kappa shape index (κ1) is 28.2. The minimum absolute atomic E-state index is 0.119. The number of amides is 3. The summed E-state index contributed by atoms with van der Waals surface area (Å²) in [5, 5.41) is 4.11. The first-order valence-electron chi connectivity index (χ1n) is 12.4. The molecule has 2 aromatic carbocycles. The lowest BCUT2D eigenvalue weighted by atomic mass is 9.94. The molecular weight excluding hydrogens is 551 g/mol. The predicted octanol–water partition coefficient (Wildman–Crippen LogP) is 5.01. The predicted molar refractivity (Wildman–Crippen MR) is 148 cm³/mol. The fraction of sp³-hybridized carbons (Fsp3) is 0.370. The Morgan fingerprint density at radius 3 is 2.34 bits per heavy atom. The molecule has 0 radical (unpaired) electrons. The van der Waals surface area contributed by atoms with Gasteiger partial charge >= 0.3 is 12.0 Å². The van der Waals surface area contributed by atoms with Crippen LogP contribution in [0.2, 0.25) is 15.1 Å². The Morgan fingerprint density at radius 1 is 1.00 bits per heavy atom. The maximum absolute atomic E-state index is 13.3. The average Bonchev–Trinajstić information content (AvgIpc) is 2.89. The summed E-state index contributed by atoms with van der Waals surface area (Å²) in [6.45, 7) is 6.52. The molecule has 0 aliphatic carbocycles. The van der Waals surface area contributed by atoms with Gasteiger partial charge in [-0.05, 0) is 43.7 Å². The van der Waals surface area contributed by atoms with Gasteiger partial charge in [0.25, 0.3) is 5.91 Å². The van der Waals surface area contributed by atoms with Crippen molar-refractivity contribution >= 4 is 52.7 Å². The number of hydrogen-bond acceptors (Lipinski definition) is 5. The molecule has 0 aromatic heterocycles. The summed E-state index contributed by atoms with van der Waals surface area (Å²) in [6.07, 6.45) is 0. The zero-order valence-corrected chi connectivity index (χ0v) is 23.4. The van der Waals surface area contributed by atoms with Crippen molar-refractivity contribution in [1.82, 2.24) is 20.0 Å². The second-order valence-electron chi connectivity index (χ2n) is 8.92. The van der Waals surface area contributed by atoms with Gasteiger partial charge in [0.2, 0.25) is 0 Å². The van der Waals surface area contributed by atoms with Crippen molar-refractivity contribution < 1.29 is 19.1 Å². The molecule has 0 saturated carbocycles. The van der Waals surface area contributed by atoms with Crippen molar-refractivity contribution in [2.75, 3.05) is 45.9 Å². The van der Waals surface area contributed by atoms with Gasteiger partial charge in [-0.3, -0.25) is 14.6 Å². The van der Waals surface area contributed by atoms with Gasteiger partial charge in [-0.1, -0.05) is 53.0 Å². The van der Waals surface area contributed by atoms with Crippen LogP contribution in [0.5, 0.6) is 0 Å². The third-order valence-electron chi connectivity index (χ3n) is 6.66.